The van der Waals surface area contributed by atoms with Crippen LogP contribution < -0.4 is 4.90 Å². The van der Waals surface area contributed by atoms with Gasteiger partial charge in [0.1, 0.15) is 11.5 Å². The van der Waals surface area contributed by atoms with Gasteiger partial charge in [-0.05, 0) is 35.9 Å². The maximum Gasteiger partial charge on any atom is 0.389 e. The molecule has 3 nitrogen and oxygen atoms in total. The summed E-state index contributed by atoms with van der Waals surface area (Å²) in [6.07, 6.45) is -4.00. The molecule has 10 heteroatoms. The van der Waals surface area contributed by atoms with E-state index in [9.17, 15) is 22.4 Å². The Bertz CT molecular complexity index is 1010. The fourth-order valence-electron chi connectivity index (χ4n) is 2.46. The van der Waals surface area contributed by atoms with Crippen LogP contribution in [0, 0.1) is 5.82 Å². The predicted octanol–water partition coefficient (Wildman–Crippen LogP) is 6.56. The molecule has 0 bridgehead atoms. The second kappa shape index (κ2) is 8.77. The van der Waals surface area contributed by atoms with Gasteiger partial charge >= 0.3 is 6.18 Å². The quantitative estimate of drug-likeness (QED) is 0.380. The second-order valence-corrected chi connectivity index (χ2v) is 7.78. The van der Waals surface area contributed by atoms with Gasteiger partial charge < -0.3 is 0 Å². The third kappa shape index (κ3) is 5.32. The zero-order valence-electron chi connectivity index (χ0n) is 14.5. The van der Waals surface area contributed by atoms with Crippen LogP contribution >= 0.6 is 35.0 Å². The van der Waals surface area contributed by atoms with E-state index in [1.54, 1.807) is 6.07 Å². The summed E-state index contributed by atoms with van der Waals surface area (Å²) >= 11 is 12.6. The minimum Gasteiger partial charge on any atom is -0.266 e. The normalized spacial score (nSPS) is 15.9. The van der Waals surface area contributed by atoms with Gasteiger partial charge in [0.2, 0.25) is 0 Å². The van der Waals surface area contributed by atoms with Crippen molar-refractivity contribution in [3.8, 4) is 0 Å². The molecule has 0 radical (unpaired) electrons. The summed E-state index contributed by atoms with van der Waals surface area (Å²) in [7, 11) is 0. The fourth-order valence-corrected chi connectivity index (χ4v) is 3.75. The van der Waals surface area contributed by atoms with Crippen LogP contribution in [0.5, 0.6) is 0 Å². The van der Waals surface area contributed by atoms with E-state index >= 15 is 0 Å². The Labute approximate surface area is 178 Å². The Morgan fingerprint density at radius 1 is 1.10 bits per heavy atom. The average Bonchev–Trinajstić information content (AvgIpc) is 2.93. The lowest BCUT2D eigenvalue weighted by Gasteiger charge is -2.18. The predicted molar refractivity (Wildman–Crippen MR) is 109 cm³/mol. The third-order valence-electron chi connectivity index (χ3n) is 3.79. The molecule has 0 spiro atoms. The van der Waals surface area contributed by atoms with Crippen LogP contribution in [0.1, 0.15) is 12.0 Å². The van der Waals surface area contributed by atoms with Crippen LogP contribution in [0.2, 0.25) is 10.0 Å². The Morgan fingerprint density at radius 3 is 2.48 bits per heavy atom. The molecule has 2 aromatic rings. The molecule has 0 N–H and O–H groups in total. The maximum atomic E-state index is 14.3. The van der Waals surface area contributed by atoms with Crippen LogP contribution in [-0.4, -0.2) is 23.0 Å². The van der Waals surface area contributed by atoms with E-state index < -0.39 is 24.3 Å². The molecule has 1 aliphatic heterocycles. The number of halogens is 6. The molecule has 1 heterocycles. The van der Waals surface area contributed by atoms with Gasteiger partial charge in [-0.1, -0.05) is 53.2 Å². The van der Waals surface area contributed by atoms with Crippen molar-refractivity contribution in [2.45, 2.75) is 12.6 Å². The lowest BCUT2D eigenvalue weighted by atomic mass is 10.2. The minimum absolute atomic E-state index is 0.0318. The molecule has 1 aliphatic rings. The molecule has 152 valence electrons. The monoisotopic (exact) mass is 462 g/mol. The summed E-state index contributed by atoms with van der Waals surface area (Å²) in [4.78, 5) is 18.0. The van der Waals surface area contributed by atoms with Crippen LogP contribution in [-0.2, 0) is 4.79 Å². The van der Waals surface area contributed by atoms with Gasteiger partial charge in [0.15, 0.2) is 5.17 Å². The molecule has 0 fully saturated rings. The van der Waals surface area contributed by atoms with E-state index in [0.717, 1.165) is 22.7 Å². The number of anilines is 1. The first-order valence-corrected chi connectivity index (χ1v) is 9.94. The van der Waals surface area contributed by atoms with Crippen molar-refractivity contribution in [2.24, 2.45) is 4.99 Å². The Balaban J connectivity index is 1.95. The molecule has 0 saturated carbocycles. The number of para-hydroxylation sites is 1. The molecule has 2 aromatic carbocycles. The standard InChI is InChI=1S/C19H12Cl2F4N2OS/c20-12-6-5-11(9-13(12)21)10-15-17(28)27(16-4-2-1-3-14(16)22)18(26-15)29-8-7-19(23,24)25/h1-6,9-10H,7-8H2/b15-10-. The van der Waals surface area contributed by atoms with Crippen LogP contribution in [0.4, 0.5) is 23.2 Å². The highest BCUT2D eigenvalue weighted by Crippen LogP contribution is 2.33. The van der Waals surface area contributed by atoms with E-state index in [0.29, 0.717) is 10.6 Å². The number of carbonyl (C=O) groups is 1. The Morgan fingerprint density at radius 2 is 1.83 bits per heavy atom. The fraction of sp³-hybridized carbons (Fsp3) is 0.158. The van der Waals surface area contributed by atoms with Crippen molar-refractivity contribution in [3.63, 3.8) is 0 Å². The maximum absolute atomic E-state index is 14.3. The van der Waals surface area contributed by atoms with Crippen molar-refractivity contribution >= 4 is 57.8 Å². The number of thioether (sulfide) groups is 1. The summed E-state index contributed by atoms with van der Waals surface area (Å²) in [5.74, 6) is -1.71. The largest absolute Gasteiger partial charge is 0.389 e. The molecule has 0 unspecified atom stereocenters. The van der Waals surface area contributed by atoms with Gasteiger partial charge in [-0.3, -0.25) is 9.69 Å². The first-order chi connectivity index (χ1) is 13.7. The zero-order chi connectivity index (χ0) is 21.2. The van der Waals surface area contributed by atoms with Crippen LogP contribution in [0.15, 0.2) is 53.2 Å². The lowest BCUT2D eigenvalue weighted by Crippen LogP contribution is -2.31. The number of benzene rings is 2. The Kier molecular flexibility index (Phi) is 6.55. The van der Waals surface area contributed by atoms with Crippen molar-refractivity contribution in [3.05, 3.63) is 69.6 Å². The van der Waals surface area contributed by atoms with Gasteiger partial charge in [-0.25, -0.2) is 9.38 Å². The lowest BCUT2D eigenvalue weighted by molar-refractivity contribution is -0.129. The number of nitrogens with zero attached hydrogens (tertiary/aromatic N) is 2. The summed E-state index contributed by atoms with van der Waals surface area (Å²) in [6, 6.07) is 10.1. The number of hydrogen-bond donors (Lipinski definition) is 0. The number of rotatable bonds is 4. The van der Waals surface area contributed by atoms with Crippen molar-refractivity contribution in [1.29, 1.82) is 0 Å². The average molecular weight is 463 g/mol. The van der Waals surface area contributed by atoms with Crippen molar-refractivity contribution in [1.82, 2.24) is 0 Å². The van der Waals surface area contributed by atoms with E-state index in [1.165, 1.54) is 36.4 Å². The molecule has 1 amide bonds. The first kappa shape index (κ1) is 21.7. The number of alkyl halides is 3. The molecule has 0 saturated heterocycles. The topological polar surface area (TPSA) is 32.7 Å². The van der Waals surface area contributed by atoms with Gasteiger partial charge in [0.25, 0.3) is 5.91 Å². The highest BCUT2D eigenvalue weighted by Gasteiger charge is 2.34. The Hall–Kier alpha value is -2.03. The van der Waals surface area contributed by atoms with Gasteiger partial charge in [0, 0.05) is 5.75 Å². The highest BCUT2D eigenvalue weighted by atomic mass is 35.5. The van der Waals surface area contributed by atoms with E-state index in [-0.39, 0.29) is 27.3 Å². The highest BCUT2D eigenvalue weighted by molar-refractivity contribution is 8.14. The zero-order valence-corrected chi connectivity index (χ0v) is 16.8. The molecule has 0 atom stereocenters. The number of carbonyl (C=O) groups excluding carboxylic acids is 1. The SMILES string of the molecule is O=C1/C(=C/c2ccc(Cl)c(Cl)c2)N=C(SCCC(F)(F)F)N1c1ccccc1F. The smallest absolute Gasteiger partial charge is 0.266 e. The number of hydrogen-bond acceptors (Lipinski definition) is 3. The summed E-state index contributed by atoms with van der Waals surface area (Å²) in [6.45, 7) is 0. The molecule has 29 heavy (non-hydrogen) atoms. The van der Waals surface area contributed by atoms with Gasteiger partial charge in [-0.2, -0.15) is 13.2 Å². The van der Waals surface area contributed by atoms with Gasteiger partial charge in [-0.15, -0.1) is 0 Å². The number of amidine groups is 1. The molecular formula is C19H12Cl2F4N2OS. The molecule has 3 rings (SSSR count). The van der Waals surface area contributed by atoms with E-state index in [1.807, 2.05) is 0 Å². The molecule has 0 aliphatic carbocycles. The summed E-state index contributed by atoms with van der Waals surface area (Å²) in [5.41, 5.74) is 0.371. The summed E-state index contributed by atoms with van der Waals surface area (Å²) in [5, 5.41) is 0.559. The molecular weight excluding hydrogens is 451 g/mol. The molecule has 0 aromatic heterocycles. The van der Waals surface area contributed by atoms with Crippen LogP contribution in [0.25, 0.3) is 6.08 Å². The number of amides is 1. The summed E-state index contributed by atoms with van der Waals surface area (Å²) < 4.78 is 51.8. The third-order valence-corrected chi connectivity index (χ3v) is 5.47. The van der Waals surface area contributed by atoms with Crippen molar-refractivity contribution < 1.29 is 22.4 Å². The van der Waals surface area contributed by atoms with E-state index in [4.69, 9.17) is 23.2 Å². The van der Waals surface area contributed by atoms with Gasteiger partial charge in [0.05, 0.1) is 22.2 Å². The first-order valence-electron chi connectivity index (χ1n) is 8.20. The number of aliphatic imine (C=N–C) groups is 1. The van der Waals surface area contributed by atoms with Crippen LogP contribution in [0.3, 0.4) is 0 Å². The minimum atomic E-state index is -4.35. The second-order valence-electron chi connectivity index (χ2n) is 5.90. The van der Waals surface area contributed by atoms with Crippen molar-refractivity contribution in [2.75, 3.05) is 10.7 Å². The van der Waals surface area contributed by atoms with E-state index in [2.05, 4.69) is 4.99 Å².